The Bertz CT molecular complexity index is 2730. The highest BCUT2D eigenvalue weighted by molar-refractivity contribution is 5.90. The Morgan fingerprint density at radius 3 is 1.34 bits per heavy atom. The first-order chi connectivity index (χ1) is 26.2. The number of hydrogen-bond donors (Lipinski definition) is 1. The zero-order valence-corrected chi connectivity index (χ0v) is 28.4. The van der Waals surface area contributed by atoms with E-state index in [9.17, 15) is 4.79 Å². The lowest BCUT2D eigenvalue weighted by atomic mass is 9.98. The lowest BCUT2D eigenvalue weighted by molar-refractivity contribution is 1.07. The van der Waals surface area contributed by atoms with Crippen molar-refractivity contribution in [1.29, 1.82) is 0 Å². The number of benzene rings is 6. The van der Waals surface area contributed by atoms with Crippen molar-refractivity contribution in [1.82, 2.24) is 29.9 Å². The molecule has 3 heterocycles. The normalized spacial score (nSPS) is 11.1. The number of pyridine rings is 1. The van der Waals surface area contributed by atoms with Crippen LogP contribution in [0, 0.1) is 0 Å². The molecule has 9 aromatic rings. The molecule has 0 bridgehead atoms. The smallest absolute Gasteiger partial charge is 0.257 e. The third-order valence-electron chi connectivity index (χ3n) is 9.09. The fraction of sp³-hybridized carbons (Fsp3) is 0. The molecule has 6 aromatic carbocycles. The summed E-state index contributed by atoms with van der Waals surface area (Å²) in [7, 11) is 0. The van der Waals surface area contributed by atoms with E-state index < -0.39 is 0 Å². The molecule has 0 spiro atoms. The van der Waals surface area contributed by atoms with E-state index >= 15 is 0 Å². The van der Waals surface area contributed by atoms with Crippen LogP contribution >= 0.6 is 0 Å². The van der Waals surface area contributed by atoms with Gasteiger partial charge in [0.15, 0.2) is 17.5 Å². The van der Waals surface area contributed by atoms with Crippen LogP contribution in [0.4, 0.5) is 0 Å². The monoisotopic (exact) mass is 682 g/mol. The third kappa shape index (κ3) is 6.28. The van der Waals surface area contributed by atoms with E-state index in [-0.39, 0.29) is 5.56 Å². The fourth-order valence-corrected chi connectivity index (χ4v) is 6.49. The van der Waals surface area contributed by atoms with Crippen LogP contribution in [0.2, 0.25) is 0 Å². The number of aromatic amines is 1. The minimum atomic E-state index is -0.234. The van der Waals surface area contributed by atoms with Gasteiger partial charge in [-0.2, -0.15) is 0 Å². The van der Waals surface area contributed by atoms with E-state index in [0.29, 0.717) is 45.8 Å². The largest absolute Gasteiger partial charge is 0.321 e. The number of para-hydroxylation sites is 1. The second-order valence-corrected chi connectivity index (χ2v) is 12.6. The molecule has 0 aliphatic carbocycles. The first kappa shape index (κ1) is 31.6. The summed E-state index contributed by atoms with van der Waals surface area (Å²) in [6.07, 6.45) is 0. The first-order valence-corrected chi connectivity index (χ1v) is 17.3. The van der Waals surface area contributed by atoms with Crippen LogP contribution in [0.1, 0.15) is 0 Å². The predicted molar refractivity (Wildman–Crippen MR) is 212 cm³/mol. The van der Waals surface area contributed by atoms with Crippen molar-refractivity contribution < 1.29 is 0 Å². The SMILES string of the molecule is O=c1[nH]c2ccccc2cc1-c1nc(-c2ccccc2)c(-c2cccc(-c3nc(-c4ccccc4)nc(-c4ccccc4)n3)c2)nc1-c1ccccc1. The summed E-state index contributed by atoms with van der Waals surface area (Å²) in [5, 5.41) is 0.906. The van der Waals surface area contributed by atoms with Gasteiger partial charge in [-0.1, -0.05) is 158 Å². The van der Waals surface area contributed by atoms with E-state index in [1.165, 1.54) is 0 Å². The van der Waals surface area contributed by atoms with Crippen LogP contribution in [-0.2, 0) is 0 Å². The average molecular weight is 683 g/mol. The molecule has 9 rings (SSSR count). The van der Waals surface area contributed by atoms with E-state index in [2.05, 4.69) is 4.98 Å². The number of hydrogen-bond acceptors (Lipinski definition) is 6. The molecule has 250 valence electrons. The second-order valence-electron chi connectivity index (χ2n) is 12.6. The van der Waals surface area contributed by atoms with Gasteiger partial charge < -0.3 is 4.98 Å². The van der Waals surface area contributed by atoms with Crippen molar-refractivity contribution in [3.8, 4) is 79.2 Å². The summed E-state index contributed by atoms with van der Waals surface area (Å²) in [4.78, 5) is 42.3. The van der Waals surface area contributed by atoms with Crippen molar-refractivity contribution in [2.24, 2.45) is 0 Å². The predicted octanol–water partition coefficient (Wildman–Crippen LogP) is 10.2. The Balaban J connectivity index is 1.27. The van der Waals surface area contributed by atoms with Gasteiger partial charge in [0.1, 0.15) is 5.69 Å². The molecular formula is C46H30N6O. The zero-order chi connectivity index (χ0) is 35.6. The molecule has 0 fully saturated rings. The lowest BCUT2D eigenvalue weighted by Gasteiger charge is -2.16. The number of nitrogens with one attached hydrogen (secondary N) is 1. The molecule has 7 nitrogen and oxygen atoms in total. The molecule has 0 unspecified atom stereocenters. The molecule has 0 aliphatic heterocycles. The molecule has 7 heteroatoms. The van der Waals surface area contributed by atoms with E-state index in [4.69, 9.17) is 24.9 Å². The van der Waals surface area contributed by atoms with Crippen molar-refractivity contribution >= 4 is 10.9 Å². The molecular weight excluding hydrogens is 653 g/mol. The third-order valence-corrected chi connectivity index (χ3v) is 9.09. The minimum absolute atomic E-state index is 0.234. The van der Waals surface area contributed by atoms with Crippen LogP contribution in [0.5, 0.6) is 0 Å². The van der Waals surface area contributed by atoms with Crippen LogP contribution < -0.4 is 5.56 Å². The Morgan fingerprint density at radius 1 is 0.340 bits per heavy atom. The fourth-order valence-electron chi connectivity index (χ4n) is 6.49. The summed E-state index contributed by atoms with van der Waals surface area (Å²) in [5.41, 5.74) is 8.52. The molecule has 0 atom stereocenters. The van der Waals surface area contributed by atoms with Crippen molar-refractivity contribution in [2.45, 2.75) is 0 Å². The Morgan fingerprint density at radius 2 is 0.755 bits per heavy atom. The molecule has 0 amide bonds. The maximum atomic E-state index is 13.7. The molecule has 53 heavy (non-hydrogen) atoms. The van der Waals surface area contributed by atoms with Gasteiger partial charge in [-0.25, -0.2) is 24.9 Å². The Hall–Kier alpha value is -7.38. The van der Waals surface area contributed by atoms with Gasteiger partial charge in [-0.3, -0.25) is 4.79 Å². The van der Waals surface area contributed by atoms with Crippen LogP contribution in [-0.4, -0.2) is 29.9 Å². The summed E-state index contributed by atoms with van der Waals surface area (Å²) in [5.74, 6) is 1.71. The van der Waals surface area contributed by atoms with Crippen LogP contribution in [0.15, 0.2) is 181 Å². The van der Waals surface area contributed by atoms with Crippen molar-refractivity contribution in [2.75, 3.05) is 0 Å². The standard InChI is InChI=1S/C46H30N6O/c53-46-37(29-34-24-13-14-27-38(34)47-46)42-40(31-18-7-2-8-19-31)48-41(39(49-42)30-16-5-1-6-17-30)35-25-15-26-36(28-35)45-51-43(32-20-9-3-10-21-32)50-44(52-45)33-22-11-4-12-23-33/h1-29H,(H,47,53). The van der Waals surface area contributed by atoms with Gasteiger partial charge in [0.25, 0.3) is 5.56 Å². The van der Waals surface area contributed by atoms with Gasteiger partial charge in [-0.05, 0) is 23.6 Å². The number of aromatic nitrogens is 6. The Labute approximate surface area is 305 Å². The van der Waals surface area contributed by atoms with Crippen LogP contribution in [0.3, 0.4) is 0 Å². The molecule has 0 saturated heterocycles. The highest BCUT2D eigenvalue weighted by Crippen LogP contribution is 2.38. The Kier molecular flexibility index (Phi) is 8.19. The molecule has 1 N–H and O–H groups in total. The second kappa shape index (κ2) is 13.7. The average Bonchev–Trinajstić information content (AvgIpc) is 3.24. The van der Waals surface area contributed by atoms with E-state index in [1.54, 1.807) is 0 Å². The van der Waals surface area contributed by atoms with Crippen molar-refractivity contribution in [3.63, 3.8) is 0 Å². The van der Waals surface area contributed by atoms with Gasteiger partial charge in [0.2, 0.25) is 0 Å². The molecule has 0 aliphatic rings. The number of rotatable bonds is 7. The van der Waals surface area contributed by atoms with Gasteiger partial charge in [0.05, 0.1) is 22.6 Å². The number of fused-ring (bicyclic) bond motifs is 1. The van der Waals surface area contributed by atoms with Gasteiger partial charge in [-0.15, -0.1) is 0 Å². The van der Waals surface area contributed by atoms with E-state index in [0.717, 1.165) is 44.3 Å². The topological polar surface area (TPSA) is 97.3 Å². The molecule has 0 radical (unpaired) electrons. The quantitative estimate of drug-likeness (QED) is 0.180. The maximum Gasteiger partial charge on any atom is 0.257 e. The summed E-state index contributed by atoms with van der Waals surface area (Å²) >= 11 is 0. The highest BCUT2D eigenvalue weighted by atomic mass is 16.1. The highest BCUT2D eigenvalue weighted by Gasteiger charge is 2.22. The number of H-pyrrole nitrogens is 1. The molecule has 0 saturated carbocycles. The number of nitrogens with zero attached hydrogens (tertiary/aromatic N) is 5. The van der Waals surface area contributed by atoms with Gasteiger partial charge >= 0.3 is 0 Å². The molecule has 3 aromatic heterocycles. The summed E-state index contributed by atoms with van der Waals surface area (Å²) in [6, 6.07) is 57.4. The summed E-state index contributed by atoms with van der Waals surface area (Å²) in [6.45, 7) is 0. The maximum absolute atomic E-state index is 13.7. The first-order valence-electron chi connectivity index (χ1n) is 17.3. The lowest BCUT2D eigenvalue weighted by Crippen LogP contribution is -2.12. The van der Waals surface area contributed by atoms with Crippen LogP contribution in [0.25, 0.3) is 90.1 Å². The van der Waals surface area contributed by atoms with Crippen molar-refractivity contribution in [3.05, 3.63) is 186 Å². The minimum Gasteiger partial charge on any atom is -0.321 e. The summed E-state index contributed by atoms with van der Waals surface area (Å²) < 4.78 is 0. The zero-order valence-electron chi connectivity index (χ0n) is 28.4. The van der Waals surface area contributed by atoms with Gasteiger partial charge in [0, 0.05) is 38.9 Å². The van der Waals surface area contributed by atoms with E-state index in [1.807, 2.05) is 176 Å².